The summed E-state index contributed by atoms with van der Waals surface area (Å²) in [6, 6.07) is 9.03. The smallest absolute Gasteiger partial charge is 0.0736 e. The monoisotopic (exact) mass is 277 g/mol. The van der Waals surface area contributed by atoms with Gasteiger partial charge < -0.3 is 10.3 Å². The Bertz CT molecular complexity index is 816. The zero-order chi connectivity index (χ0) is 14.4. The van der Waals surface area contributed by atoms with E-state index >= 15 is 0 Å². The van der Waals surface area contributed by atoms with E-state index in [9.17, 15) is 0 Å². The summed E-state index contributed by atoms with van der Waals surface area (Å²) in [5.41, 5.74) is 7.89. The topological polar surface area (TPSA) is 40.7 Å². The van der Waals surface area contributed by atoms with Gasteiger partial charge in [-0.3, -0.25) is 4.98 Å². The molecule has 1 atom stereocenters. The van der Waals surface area contributed by atoms with Gasteiger partial charge in [-0.25, -0.2) is 0 Å². The number of fused-ring (bicyclic) bond motifs is 3. The van der Waals surface area contributed by atoms with Crippen molar-refractivity contribution >= 4 is 10.9 Å². The first-order chi connectivity index (χ1) is 10.2. The summed E-state index contributed by atoms with van der Waals surface area (Å²) in [5.74, 6) is 0. The molecule has 2 N–H and O–H groups in total. The number of nitrogens with one attached hydrogen (secondary N) is 2. The van der Waals surface area contributed by atoms with E-state index in [1.54, 1.807) is 0 Å². The molecular weight excluding hydrogens is 258 g/mol. The van der Waals surface area contributed by atoms with Crippen LogP contribution in [0.1, 0.15) is 34.0 Å². The Balaban J connectivity index is 1.92. The van der Waals surface area contributed by atoms with E-state index in [0.29, 0.717) is 0 Å². The Morgan fingerprint density at radius 2 is 2.10 bits per heavy atom. The number of aryl methyl sites for hydroxylation is 2. The minimum absolute atomic E-state index is 0.240. The lowest BCUT2D eigenvalue weighted by atomic mass is 9.92. The van der Waals surface area contributed by atoms with E-state index in [1.165, 1.54) is 38.9 Å². The molecule has 0 saturated carbocycles. The first-order valence-corrected chi connectivity index (χ1v) is 7.49. The maximum absolute atomic E-state index is 4.21. The van der Waals surface area contributed by atoms with Crippen LogP contribution in [-0.2, 0) is 6.42 Å². The van der Waals surface area contributed by atoms with Gasteiger partial charge in [0.25, 0.3) is 0 Å². The molecule has 0 saturated heterocycles. The molecule has 3 nitrogen and oxygen atoms in total. The van der Waals surface area contributed by atoms with E-state index < -0.39 is 0 Å². The Labute approximate surface area is 124 Å². The fourth-order valence-electron chi connectivity index (χ4n) is 3.42. The largest absolute Gasteiger partial charge is 0.357 e. The minimum atomic E-state index is 0.240. The van der Waals surface area contributed by atoms with Crippen LogP contribution < -0.4 is 5.32 Å². The average molecular weight is 277 g/mol. The van der Waals surface area contributed by atoms with Crippen LogP contribution in [0.2, 0.25) is 0 Å². The average Bonchev–Trinajstić information content (AvgIpc) is 2.86. The highest BCUT2D eigenvalue weighted by atomic mass is 15.0. The van der Waals surface area contributed by atoms with E-state index in [0.717, 1.165) is 13.0 Å². The molecule has 1 aliphatic heterocycles. The van der Waals surface area contributed by atoms with Crippen molar-refractivity contribution in [1.82, 2.24) is 15.3 Å². The summed E-state index contributed by atoms with van der Waals surface area (Å²) >= 11 is 0. The summed E-state index contributed by atoms with van der Waals surface area (Å²) in [4.78, 5) is 7.85. The van der Waals surface area contributed by atoms with E-state index in [1.807, 2.05) is 12.4 Å². The van der Waals surface area contributed by atoms with Crippen LogP contribution in [0.4, 0.5) is 0 Å². The second-order valence-electron chi connectivity index (χ2n) is 5.94. The summed E-state index contributed by atoms with van der Waals surface area (Å²) in [6.07, 6.45) is 4.91. The second kappa shape index (κ2) is 4.71. The Kier molecular flexibility index (Phi) is 2.82. The standard InChI is InChI=1S/C18H19N3/c1-11-3-4-16-15(9-11)14-6-8-20-17(18(14)21-16)13-5-7-19-10-12(13)2/h3-5,7,9-10,17,20-21H,6,8H2,1-2H3. The van der Waals surface area contributed by atoms with Crippen LogP contribution in [0.5, 0.6) is 0 Å². The predicted octanol–water partition coefficient (Wildman–Crippen LogP) is 3.41. The molecule has 0 spiro atoms. The quantitative estimate of drug-likeness (QED) is 0.715. The fraction of sp³-hybridized carbons (Fsp3) is 0.278. The molecule has 0 fully saturated rings. The van der Waals surface area contributed by atoms with Gasteiger partial charge in [-0.2, -0.15) is 0 Å². The Morgan fingerprint density at radius 1 is 1.19 bits per heavy atom. The molecule has 3 aromatic rings. The van der Waals surface area contributed by atoms with Crippen LogP contribution in [0.15, 0.2) is 36.7 Å². The second-order valence-corrected chi connectivity index (χ2v) is 5.94. The molecular formula is C18H19N3. The van der Waals surface area contributed by atoms with Crippen LogP contribution in [-0.4, -0.2) is 16.5 Å². The Morgan fingerprint density at radius 3 is 2.95 bits per heavy atom. The molecule has 3 heteroatoms. The van der Waals surface area contributed by atoms with Crippen LogP contribution in [0.3, 0.4) is 0 Å². The van der Waals surface area contributed by atoms with Crippen LogP contribution in [0, 0.1) is 13.8 Å². The minimum Gasteiger partial charge on any atom is -0.357 e. The number of hydrogen-bond acceptors (Lipinski definition) is 2. The summed E-state index contributed by atoms with van der Waals surface area (Å²) in [6.45, 7) is 5.30. The lowest BCUT2D eigenvalue weighted by molar-refractivity contribution is 0.558. The SMILES string of the molecule is Cc1ccc2[nH]c3c(c2c1)CCNC3c1ccncc1C. The highest BCUT2D eigenvalue weighted by Gasteiger charge is 2.26. The zero-order valence-corrected chi connectivity index (χ0v) is 12.4. The van der Waals surface area contributed by atoms with Crippen molar-refractivity contribution in [3.63, 3.8) is 0 Å². The normalized spacial score (nSPS) is 17.9. The van der Waals surface area contributed by atoms with Gasteiger partial charge in [0.05, 0.1) is 6.04 Å². The van der Waals surface area contributed by atoms with Gasteiger partial charge in [-0.05, 0) is 55.2 Å². The molecule has 21 heavy (non-hydrogen) atoms. The molecule has 3 heterocycles. The fourth-order valence-corrected chi connectivity index (χ4v) is 3.42. The molecule has 2 aromatic heterocycles. The number of rotatable bonds is 1. The van der Waals surface area contributed by atoms with Gasteiger partial charge in [0.15, 0.2) is 0 Å². The summed E-state index contributed by atoms with van der Waals surface area (Å²) in [5, 5.41) is 5.03. The molecule has 1 aliphatic rings. The molecule has 0 bridgehead atoms. The highest BCUT2D eigenvalue weighted by molar-refractivity contribution is 5.86. The maximum Gasteiger partial charge on any atom is 0.0736 e. The first kappa shape index (κ1) is 12.6. The van der Waals surface area contributed by atoms with Crippen molar-refractivity contribution in [1.29, 1.82) is 0 Å². The Hall–Kier alpha value is -2.13. The highest BCUT2D eigenvalue weighted by Crippen LogP contribution is 2.34. The molecule has 0 radical (unpaired) electrons. The number of aromatic amines is 1. The van der Waals surface area contributed by atoms with Crippen molar-refractivity contribution in [2.24, 2.45) is 0 Å². The van der Waals surface area contributed by atoms with Crippen molar-refractivity contribution in [2.75, 3.05) is 6.54 Å². The lowest BCUT2D eigenvalue weighted by Crippen LogP contribution is -2.30. The van der Waals surface area contributed by atoms with Gasteiger partial charge in [-0.1, -0.05) is 11.6 Å². The number of benzene rings is 1. The molecule has 106 valence electrons. The predicted molar refractivity (Wildman–Crippen MR) is 85.6 cm³/mol. The van der Waals surface area contributed by atoms with E-state index in [-0.39, 0.29) is 6.04 Å². The molecule has 0 aliphatic carbocycles. The third kappa shape index (κ3) is 1.96. The molecule has 1 aromatic carbocycles. The van der Waals surface area contributed by atoms with Crippen molar-refractivity contribution < 1.29 is 0 Å². The van der Waals surface area contributed by atoms with Gasteiger partial charge in [0, 0.05) is 35.5 Å². The van der Waals surface area contributed by atoms with Crippen molar-refractivity contribution in [3.05, 3.63) is 64.6 Å². The molecule has 1 unspecified atom stereocenters. The van der Waals surface area contributed by atoms with E-state index in [2.05, 4.69) is 53.4 Å². The number of nitrogens with zero attached hydrogens (tertiary/aromatic N) is 1. The maximum atomic E-state index is 4.21. The van der Waals surface area contributed by atoms with Crippen LogP contribution >= 0.6 is 0 Å². The summed E-state index contributed by atoms with van der Waals surface area (Å²) < 4.78 is 0. The molecule has 0 amide bonds. The van der Waals surface area contributed by atoms with E-state index in [4.69, 9.17) is 0 Å². The summed E-state index contributed by atoms with van der Waals surface area (Å²) in [7, 11) is 0. The number of H-pyrrole nitrogens is 1. The van der Waals surface area contributed by atoms with Crippen LogP contribution in [0.25, 0.3) is 10.9 Å². The zero-order valence-electron chi connectivity index (χ0n) is 12.4. The van der Waals surface area contributed by atoms with Gasteiger partial charge in [-0.15, -0.1) is 0 Å². The number of hydrogen-bond donors (Lipinski definition) is 2. The molecule has 4 rings (SSSR count). The van der Waals surface area contributed by atoms with Gasteiger partial charge in [0.1, 0.15) is 0 Å². The van der Waals surface area contributed by atoms with Crippen molar-refractivity contribution in [2.45, 2.75) is 26.3 Å². The number of aromatic nitrogens is 2. The van der Waals surface area contributed by atoms with Gasteiger partial charge in [0.2, 0.25) is 0 Å². The lowest BCUT2D eigenvalue weighted by Gasteiger charge is -2.25. The third-order valence-electron chi connectivity index (χ3n) is 4.48. The first-order valence-electron chi connectivity index (χ1n) is 7.49. The third-order valence-corrected chi connectivity index (χ3v) is 4.48. The van der Waals surface area contributed by atoms with Gasteiger partial charge >= 0.3 is 0 Å². The number of pyridine rings is 1. The van der Waals surface area contributed by atoms with Crippen molar-refractivity contribution in [3.8, 4) is 0 Å².